The summed E-state index contributed by atoms with van der Waals surface area (Å²) in [6.07, 6.45) is 0.850. The van der Waals surface area contributed by atoms with Gasteiger partial charge in [-0.15, -0.1) is 0 Å². The van der Waals surface area contributed by atoms with Crippen molar-refractivity contribution in [2.75, 3.05) is 6.54 Å². The van der Waals surface area contributed by atoms with E-state index in [1.165, 1.54) is 18.2 Å². The lowest BCUT2D eigenvalue weighted by molar-refractivity contribution is 0.0952. The van der Waals surface area contributed by atoms with E-state index in [9.17, 15) is 13.2 Å². The van der Waals surface area contributed by atoms with Gasteiger partial charge in [-0.25, -0.2) is 13.1 Å². The summed E-state index contributed by atoms with van der Waals surface area (Å²) in [6.45, 7) is 4.81. The second-order valence-corrected chi connectivity index (χ2v) is 8.54. The summed E-state index contributed by atoms with van der Waals surface area (Å²) in [6, 6.07) is 13.4. The van der Waals surface area contributed by atoms with Crippen LogP contribution in [0.1, 0.15) is 36.2 Å². The molecule has 2 aromatic carbocycles. The molecule has 7 heteroatoms. The molecule has 2 aromatic rings. The maximum absolute atomic E-state index is 12.6. The average molecular weight is 395 g/mol. The van der Waals surface area contributed by atoms with E-state index in [2.05, 4.69) is 23.9 Å². The highest BCUT2D eigenvalue weighted by atomic mass is 35.5. The molecule has 1 amide bonds. The summed E-state index contributed by atoms with van der Waals surface area (Å²) in [5, 5.41) is 2.86. The molecule has 0 unspecified atom stereocenters. The van der Waals surface area contributed by atoms with E-state index in [4.69, 9.17) is 11.6 Å². The summed E-state index contributed by atoms with van der Waals surface area (Å²) in [5.74, 6) is 0.153. The molecule has 0 aliphatic heterocycles. The third-order valence-electron chi connectivity index (χ3n) is 3.80. The van der Waals surface area contributed by atoms with Gasteiger partial charge in [0.05, 0.1) is 5.02 Å². The van der Waals surface area contributed by atoms with Gasteiger partial charge in [0.1, 0.15) is 4.90 Å². The lowest BCUT2D eigenvalue weighted by Gasteiger charge is -2.11. The van der Waals surface area contributed by atoms with Gasteiger partial charge in [0.15, 0.2) is 0 Å². The Kier molecular flexibility index (Phi) is 7.20. The number of hydrogen-bond acceptors (Lipinski definition) is 3. The van der Waals surface area contributed by atoms with Gasteiger partial charge in [-0.1, -0.05) is 55.8 Å². The van der Waals surface area contributed by atoms with Crippen molar-refractivity contribution in [2.24, 2.45) is 5.92 Å². The molecule has 0 saturated heterocycles. The van der Waals surface area contributed by atoms with Crippen molar-refractivity contribution in [3.8, 4) is 0 Å². The quantitative estimate of drug-likeness (QED) is 0.718. The maximum Gasteiger partial charge on any atom is 0.251 e. The summed E-state index contributed by atoms with van der Waals surface area (Å²) in [4.78, 5) is 12.1. The molecule has 5 nitrogen and oxygen atoms in total. The molecule has 2 rings (SSSR count). The minimum absolute atomic E-state index is 0.0734. The minimum atomic E-state index is -3.84. The van der Waals surface area contributed by atoms with E-state index < -0.39 is 10.0 Å². The zero-order valence-electron chi connectivity index (χ0n) is 14.8. The van der Waals surface area contributed by atoms with Crippen LogP contribution in [-0.2, 0) is 16.6 Å². The predicted molar refractivity (Wildman–Crippen MR) is 104 cm³/mol. The fraction of sp³-hybridized carbons (Fsp3) is 0.316. The van der Waals surface area contributed by atoms with E-state index >= 15 is 0 Å². The number of amides is 1. The Morgan fingerprint density at radius 1 is 1.12 bits per heavy atom. The minimum Gasteiger partial charge on any atom is -0.352 e. The second-order valence-electron chi connectivity index (χ2n) is 6.39. The molecule has 0 saturated carbocycles. The van der Waals surface area contributed by atoms with Gasteiger partial charge in [-0.3, -0.25) is 4.79 Å². The first-order valence-electron chi connectivity index (χ1n) is 8.41. The van der Waals surface area contributed by atoms with Crippen LogP contribution in [0.25, 0.3) is 0 Å². The molecule has 0 aromatic heterocycles. The number of carbonyl (C=O) groups excluding carboxylic acids is 1. The molecule has 0 heterocycles. The van der Waals surface area contributed by atoms with E-state index in [0.29, 0.717) is 12.5 Å². The summed E-state index contributed by atoms with van der Waals surface area (Å²) >= 11 is 6.06. The predicted octanol–water partition coefficient (Wildman–Crippen LogP) is 3.59. The number of nitrogens with one attached hydrogen (secondary N) is 2. The number of carbonyl (C=O) groups is 1. The largest absolute Gasteiger partial charge is 0.352 e. The molecule has 0 radical (unpaired) electrons. The van der Waals surface area contributed by atoms with E-state index in [1.807, 2.05) is 30.3 Å². The van der Waals surface area contributed by atoms with Crippen molar-refractivity contribution >= 4 is 27.5 Å². The molecule has 0 atom stereocenters. The number of hydrogen-bond donors (Lipinski definition) is 2. The Hall–Kier alpha value is -1.89. The van der Waals surface area contributed by atoms with Crippen LogP contribution >= 0.6 is 11.6 Å². The Balaban J connectivity index is 2.13. The fourth-order valence-corrected chi connectivity index (χ4v) is 3.82. The van der Waals surface area contributed by atoms with Gasteiger partial charge in [-0.2, -0.15) is 0 Å². The van der Waals surface area contributed by atoms with Gasteiger partial charge in [-0.05, 0) is 36.1 Å². The fourth-order valence-electron chi connectivity index (χ4n) is 2.28. The molecule has 140 valence electrons. The van der Waals surface area contributed by atoms with E-state index in [0.717, 1.165) is 12.0 Å². The molecular formula is C19H23ClN2O3S. The normalized spacial score (nSPS) is 11.5. The highest BCUT2D eigenvalue weighted by molar-refractivity contribution is 7.89. The zero-order chi connectivity index (χ0) is 19.2. The first-order valence-corrected chi connectivity index (χ1v) is 10.3. The van der Waals surface area contributed by atoms with Crippen LogP contribution in [0.5, 0.6) is 0 Å². The summed E-state index contributed by atoms with van der Waals surface area (Å²) in [5.41, 5.74) is 1.09. The summed E-state index contributed by atoms with van der Waals surface area (Å²) in [7, 11) is -3.84. The Bertz CT molecular complexity index is 852. The third kappa shape index (κ3) is 5.83. The van der Waals surface area contributed by atoms with Crippen LogP contribution in [0, 0.1) is 5.92 Å². The molecule has 0 bridgehead atoms. The van der Waals surface area contributed by atoms with Gasteiger partial charge in [0.2, 0.25) is 10.0 Å². The lowest BCUT2D eigenvalue weighted by atomic mass is 10.1. The Morgan fingerprint density at radius 2 is 1.81 bits per heavy atom. The van der Waals surface area contributed by atoms with Crippen LogP contribution < -0.4 is 10.0 Å². The molecule has 0 aliphatic carbocycles. The molecule has 2 N–H and O–H groups in total. The monoisotopic (exact) mass is 394 g/mol. The maximum atomic E-state index is 12.6. The van der Waals surface area contributed by atoms with Gasteiger partial charge < -0.3 is 5.32 Å². The van der Waals surface area contributed by atoms with Gasteiger partial charge in [0, 0.05) is 18.7 Å². The lowest BCUT2D eigenvalue weighted by Crippen LogP contribution is -2.27. The second kappa shape index (κ2) is 9.16. The average Bonchev–Trinajstić information content (AvgIpc) is 2.61. The van der Waals surface area contributed by atoms with Crippen molar-refractivity contribution in [2.45, 2.75) is 31.7 Å². The van der Waals surface area contributed by atoms with Crippen LogP contribution in [0.2, 0.25) is 5.02 Å². The molecule has 26 heavy (non-hydrogen) atoms. The van der Waals surface area contributed by atoms with Crippen molar-refractivity contribution < 1.29 is 13.2 Å². The topological polar surface area (TPSA) is 75.3 Å². The van der Waals surface area contributed by atoms with Gasteiger partial charge in [0.25, 0.3) is 5.91 Å². The standard InChI is InChI=1S/C19H23ClN2O3S/c1-14(2)10-11-21-19(23)16-8-9-17(20)18(12-16)26(24,25)22-13-15-6-4-3-5-7-15/h3-9,12,14,22H,10-11,13H2,1-2H3,(H,21,23). The SMILES string of the molecule is CC(C)CCNC(=O)c1ccc(Cl)c(S(=O)(=O)NCc2ccccc2)c1. The smallest absolute Gasteiger partial charge is 0.251 e. The number of sulfonamides is 1. The van der Waals surface area contributed by atoms with Crippen LogP contribution in [0.4, 0.5) is 0 Å². The van der Waals surface area contributed by atoms with Crippen LogP contribution in [0.15, 0.2) is 53.4 Å². The third-order valence-corrected chi connectivity index (χ3v) is 5.68. The molecule has 0 aliphatic rings. The zero-order valence-corrected chi connectivity index (χ0v) is 16.4. The van der Waals surface area contributed by atoms with Crippen molar-refractivity contribution in [3.05, 3.63) is 64.7 Å². The van der Waals surface area contributed by atoms with Gasteiger partial charge >= 0.3 is 0 Å². The first-order chi connectivity index (χ1) is 12.3. The number of halogens is 1. The van der Waals surface area contributed by atoms with Crippen LogP contribution in [0.3, 0.4) is 0 Å². The first kappa shape index (κ1) is 20.4. The highest BCUT2D eigenvalue weighted by Crippen LogP contribution is 2.23. The summed E-state index contributed by atoms with van der Waals surface area (Å²) < 4.78 is 27.7. The molecular weight excluding hydrogens is 372 g/mol. The highest BCUT2D eigenvalue weighted by Gasteiger charge is 2.20. The van der Waals surface area contributed by atoms with Crippen molar-refractivity contribution in [3.63, 3.8) is 0 Å². The Labute approximate surface area is 159 Å². The molecule has 0 spiro atoms. The molecule has 0 fully saturated rings. The van der Waals surface area contributed by atoms with E-state index in [-0.39, 0.29) is 27.9 Å². The number of rotatable bonds is 8. The van der Waals surface area contributed by atoms with Crippen molar-refractivity contribution in [1.82, 2.24) is 10.0 Å². The number of benzene rings is 2. The van der Waals surface area contributed by atoms with Crippen molar-refractivity contribution in [1.29, 1.82) is 0 Å². The Morgan fingerprint density at radius 3 is 2.46 bits per heavy atom. The van der Waals surface area contributed by atoms with Crippen LogP contribution in [-0.4, -0.2) is 20.9 Å². The van der Waals surface area contributed by atoms with E-state index in [1.54, 1.807) is 0 Å².